The predicted molar refractivity (Wildman–Crippen MR) is 62.8 cm³/mol. The smallest absolute Gasteiger partial charge is 0.0767 e. The van der Waals surface area contributed by atoms with Crippen LogP contribution in [0.15, 0.2) is 11.8 Å². The number of ether oxygens (including phenoxy) is 1. The van der Waals surface area contributed by atoms with Crippen LogP contribution in [-0.2, 0) is 4.74 Å². The van der Waals surface area contributed by atoms with Crippen molar-refractivity contribution < 1.29 is 4.74 Å². The standard InChI is InChI=1S/C11H24OSi/c1-6-13(7-2,8-3)10-9-11(4)12-5/h9-11H,6-8H2,1-5H3/b10-9+. The molecule has 0 aliphatic rings. The molecule has 0 aromatic carbocycles. The van der Waals surface area contributed by atoms with Crippen molar-refractivity contribution in [3.8, 4) is 0 Å². The molecule has 1 atom stereocenters. The lowest BCUT2D eigenvalue weighted by atomic mass is 10.4. The minimum atomic E-state index is -1.06. The molecular formula is C11H24OSi. The first-order chi connectivity index (χ1) is 6.14. The highest BCUT2D eigenvalue weighted by atomic mass is 28.3. The second kappa shape index (κ2) is 6.38. The van der Waals surface area contributed by atoms with Crippen LogP contribution in [0, 0.1) is 0 Å². The van der Waals surface area contributed by atoms with Gasteiger partial charge in [-0.2, -0.15) is 0 Å². The van der Waals surface area contributed by atoms with Crippen molar-refractivity contribution in [3.05, 3.63) is 11.8 Å². The zero-order valence-electron chi connectivity index (χ0n) is 9.76. The molecule has 0 heterocycles. The van der Waals surface area contributed by atoms with E-state index in [1.54, 1.807) is 7.11 Å². The van der Waals surface area contributed by atoms with Crippen LogP contribution in [0.1, 0.15) is 27.7 Å². The molecule has 0 bridgehead atoms. The molecule has 0 aromatic rings. The number of hydrogen-bond acceptors (Lipinski definition) is 1. The van der Waals surface area contributed by atoms with Crippen molar-refractivity contribution >= 4 is 8.07 Å². The fourth-order valence-electron chi connectivity index (χ4n) is 1.52. The van der Waals surface area contributed by atoms with Gasteiger partial charge in [0.25, 0.3) is 0 Å². The zero-order valence-corrected chi connectivity index (χ0v) is 10.8. The highest BCUT2D eigenvalue weighted by Gasteiger charge is 2.22. The number of hydrogen-bond donors (Lipinski definition) is 0. The van der Waals surface area contributed by atoms with Gasteiger partial charge in [-0.25, -0.2) is 0 Å². The lowest BCUT2D eigenvalue weighted by Crippen LogP contribution is -2.29. The van der Waals surface area contributed by atoms with E-state index in [-0.39, 0.29) is 6.10 Å². The van der Waals surface area contributed by atoms with Crippen LogP contribution in [0.2, 0.25) is 18.1 Å². The topological polar surface area (TPSA) is 9.23 Å². The molecule has 0 fully saturated rings. The van der Waals surface area contributed by atoms with Crippen LogP contribution < -0.4 is 0 Å². The van der Waals surface area contributed by atoms with Gasteiger partial charge < -0.3 is 4.74 Å². The van der Waals surface area contributed by atoms with Crippen LogP contribution in [0.25, 0.3) is 0 Å². The van der Waals surface area contributed by atoms with Gasteiger partial charge in [-0.3, -0.25) is 0 Å². The molecule has 0 amide bonds. The van der Waals surface area contributed by atoms with E-state index in [2.05, 4.69) is 39.5 Å². The predicted octanol–water partition coefficient (Wildman–Crippen LogP) is 3.63. The number of rotatable bonds is 6. The first-order valence-electron chi connectivity index (χ1n) is 5.36. The van der Waals surface area contributed by atoms with Gasteiger partial charge in [-0.05, 0) is 6.92 Å². The fourth-order valence-corrected chi connectivity index (χ4v) is 4.41. The summed E-state index contributed by atoms with van der Waals surface area (Å²) in [5, 5.41) is 0. The Balaban J connectivity index is 4.31. The van der Waals surface area contributed by atoms with Crippen molar-refractivity contribution in [2.24, 2.45) is 0 Å². The summed E-state index contributed by atoms with van der Waals surface area (Å²) >= 11 is 0. The molecular weight excluding hydrogens is 176 g/mol. The van der Waals surface area contributed by atoms with Gasteiger partial charge in [0.1, 0.15) is 0 Å². The average molecular weight is 200 g/mol. The fraction of sp³-hybridized carbons (Fsp3) is 0.818. The Morgan fingerprint density at radius 3 is 1.92 bits per heavy atom. The molecule has 0 saturated carbocycles. The molecule has 0 N–H and O–H groups in total. The molecule has 13 heavy (non-hydrogen) atoms. The van der Waals surface area contributed by atoms with Gasteiger partial charge in [0.15, 0.2) is 0 Å². The molecule has 0 aliphatic heterocycles. The van der Waals surface area contributed by atoms with Crippen LogP contribution in [0.3, 0.4) is 0 Å². The summed E-state index contributed by atoms with van der Waals surface area (Å²) in [7, 11) is 0.709. The summed E-state index contributed by atoms with van der Waals surface area (Å²) in [6, 6.07) is 4.06. The van der Waals surface area contributed by atoms with Crippen molar-refractivity contribution in [2.75, 3.05) is 7.11 Å². The second-order valence-electron chi connectivity index (χ2n) is 3.72. The van der Waals surface area contributed by atoms with Crippen LogP contribution in [-0.4, -0.2) is 21.3 Å². The van der Waals surface area contributed by atoms with E-state index in [0.717, 1.165) is 0 Å². The van der Waals surface area contributed by atoms with Gasteiger partial charge in [0, 0.05) is 7.11 Å². The summed E-state index contributed by atoms with van der Waals surface area (Å²) < 4.78 is 5.21. The van der Waals surface area contributed by atoms with Crippen molar-refractivity contribution in [1.29, 1.82) is 0 Å². The molecule has 78 valence electrons. The minimum Gasteiger partial charge on any atom is -0.378 e. The minimum absolute atomic E-state index is 0.275. The van der Waals surface area contributed by atoms with Gasteiger partial charge in [0.05, 0.1) is 14.2 Å². The molecule has 0 aromatic heterocycles. The Hall–Kier alpha value is -0.0831. The van der Waals surface area contributed by atoms with E-state index < -0.39 is 8.07 Å². The van der Waals surface area contributed by atoms with Crippen LogP contribution in [0.5, 0.6) is 0 Å². The first kappa shape index (κ1) is 12.9. The molecule has 2 heteroatoms. The Kier molecular flexibility index (Phi) is 6.34. The van der Waals surface area contributed by atoms with Crippen molar-refractivity contribution in [1.82, 2.24) is 0 Å². The van der Waals surface area contributed by atoms with E-state index in [1.807, 2.05) is 0 Å². The van der Waals surface area contributed by atoms with Crippen molar-refractivity contribution in [2.45, 2.75) is 51.9 Å². The molecule has 0 rings (SSSR count). The quantitative estimate of drug-likeness (QED) is 0.595. The largest absolute Gasteiger partial charge is 0.378 e. The third-order valence-corrected chi connectivity index (χ3v) is 8.33. The van der Waals surface area contributed by atoms with Crippen molar-refractivity contribution in [3.63, 3.8) is 0 Å². The maximum Gasteiger partial charge on any atom is 0.0767 e. The van der Waals surface area contributed by atoms with Gasteiger partial charge >= 0.3 is 0 Å². The Labute approximate surface area is 84.2 Å². The molecule has 0 saturated heterocycles. The second-order valence-corrected chi connectivity index (χ2v) is 8.90. The molecule has 1 unspecified atom stereocenters. The normalized spacial score (nSPS) is 15.2. The maximum atomic E-state index is 5.21. The van der Waals surface area contributed by atoms with Gasteiger partial charge in [-0.1, -0.05) is 50.7 Å². The summed E-state index contributed by atoms with van der Waals surface area (Å²) in [5.41, 5.74) is 2.47. The molecule has 0 aliphatic carbocycles. The molecule has 0 spiro atoms. The summed E-state index contributed by atoms with van der Waals surface area (Å²) in [6.07, 6.45) is 2.51. The third kappa shape index (κ3) is 4.10. The first-order valence-corrected chi connectivity index (χ1v) is 8.06. The SMILES string of the molecule is CC[Si](/C=C/C(C)OC)(CC)CC. The number of methoxy groups -OCH3 is 1. The summed E-state index contributed by atoms with van der Waals surface area (Å²) in [6.45, 7) is 9.06. The summed E-state index contributed by atoms with van der Waals surface area (Å²) in [5.74, 6) is 0. The van der Waals surface area contributed by atoms with Crippen LogP contribution >= 0.6 is 0 Å². The highest BCUT2D eigenvalue weighted by Crippen LogP contribution is 2.21. The maximum absolute atomic E-state index is 5.21. The Morgan fingerprint density at radius 2 is 1.62 bits per heavy atom. The third-order valence-electron chi connectivity index (χ3n) is 3.20. The molecule has 0 radical (unpaired) electrons. The van der Waals surface area contributed by atoms with E-state index >= 15 is 0 Å². The van der Waals surface area contributed by atoms with E-state index in [4.69, 9.17) is 4.74 Å². The van der Waals surface area contributed by atoms with E-state index in [1.165, 1.54) is 18.1 Å². The average Bonchev–Trinajstić information content (AvgIpc) is 2.20. The lowest BCUT2D eigenvalue weighted by Gasteiger charge is -2.24. The van der Waals surface area contributed by atoms with Gasteiger partial charge in [-0.15, -0.1) is 0 Å². The Bertz CT molecular complexity index is 142. The Morgan fingerprint density at radius 1 is 1.15 bits per heavy atom. The van der Waals surface area contributed by atoms with E-state index in [9.17, 15) is 0 Å². The van der Waals surface area contributed by atoms with Gasteiger partial charge in [0.2, 0.25) is 0 Å². The highest BCUT2D eigenvalue weighted by molar-refractivity contribution is 6.84. The van der Waals surface area contributed by atoms with E-state index in [0.29, 0.717) is 0 Å². The van der Waals surface area contributed by atoms with Crippen LogP contribution in [0.4, 0.5) is 0 Å². The summed E-state index contributed by atoms with van der Waals surface area (Å²) in [4.78, 5) is 0. The lowest BCUT2D eigenvalue weighted by molar-refractivity contribution is 0.156. The zero-order chi connectivity index (χ0) is 10.3. The molecule has 1 nitrogen and oxygen atoms in total. The monoisotopic (exact) mass is 200 g/mol.